The summed E-state index contributed by atoms with van der Waals surface area (Å²) in [6, 6.07) is 10.7. The number of allylic oxidation sites excluding steroid dienone is 1. The molecule has 1 aromatic carbocycles. The van der Waals surface area contributed by atoms with E-state index in [-0.39, 0.29) is 36.5 Å². The number of amides is 2. The SMILES string of the molecule is O=C(CCC(=O)N1c2ccccc2NC2=C(C(=O)CCC2)[C@H]1c1ccco1)NC1CCCC1. The van der Waals surface area contributed by atoms with Crippen molar-refractivity contribution in [3.8, 4) is 0 Å². The van der Waals surface area contributed by atoms with Crippen molar-refractivity contribution in [2.45, 2.75) is 69.9 Å². The largest absolute Gasteiger partial charge is 0.467 e. The van der Waals surface area contributed by atoms with Gasteiger partial charge in [-0.2, -0.15) is 0 Å². The minimum atomic E-state index is -0.663. The molecule has 172 valence electrons. The number of nitrogens with zero attached hydrogens (tertiary/aromatic N) is 1. The number of nitrogens with one attached hydrogen (secondary N) is 2. The minimum absolute atomic E-state index is 0.0229. The zero-order chi connectivity index (χ0) is 22.8. The molecule has 2 aliphatic carbocycles. The van der Waals surface area contributed by atoms with Crippen LogP contribution in [0, 0.1) is 0 Å². The molecule has 0 bridgehead atoms. The number of anilines is 2. The predicted molar refractivity (Wildman–Crippen MR) is 125 cm³/mol. The number of Topliss-reactive ketones (excluding diaryl/α,β-unsaturated/α-hetero) is 1. The summed E-state index contributed by atoms with van der Waals surface area (Å²) in [5, 5.41) is 6.48. The van der Waals surface area contributed by atoms with Gasteiger partial charge in [0, 0.05) is 36.6 Å². The van der Waals surface area contributed by atoms with E-state index in [2.05, 4.69) is 10.6 Å². The summed E-state index contributed by atoms with van der Waals surface area (Å²) in [6.07, 6.45) is 7.97. The van der Waals surface area contributed by atoms with Crippen LogP contribution in [0.25, 0.3) is 0 Å². The second kappa shape index (κ2) is 9.25. The molecule has 0 unspecified atom stereocenters. The van der Waals surface area contributed by atoms with Crippen LogP contribution in [0.3, 0.4) is 0 Å². The molecule has 7 heteroatoms. The number of hydrogen-bond acceptors (Lipinski definition) is 5. The molecule has 1 atom stereocenters. The summed E-state index contributed by atoms with van der Waals surface area (Å²) in [5.41, 5.74) is 2.88. The van der Waals surface area contributed by atoms with Crippen LogP contribution in [-0.2, 0) is 14.4 Å². The van der Waals surface area contributed by atoms with Crippen LogP contribution in [0.1, 0.15) is 69.6 Å². The average molecular weight is 448 g/mol. The summed E-state index contributed by atoms with van der Waals surface area (Å²) < 4.78 is 5.75. The standard InChI is InChI=1S/C26H29N3O4/c30-21-12-5-10-19-25(21)26(22-13-6-16-33-22)29(20-11-4-3-9-18(20)28-19)24(32)15-14-23(31)27-17-7-1-2-8-17/h3-4,6,9,11,13,16-17,26,28H,1-2,5,7-8,10,12,14-15H2,(H,27,31)/t26-/m1/s1. The maximum Gasteiger partial charge on any atom is 0.228 e. The lowest BCUT2D eigenvalue weighted by Gasteiger charge is -2.32. The number of benzene rings is 1. The highest BCUT2D eigenvalue weighted by Gasteiger charge is 2.40. The Morgan fingerprint density at radius 1 is 1.03 bits per heavy atom. The third-order valence-electron chi connectivity index (χ3n) is 6.80. The van der Waals surface area contributed by atoms with E-state index in [1.807, 2.05) is 24.3 Å². The number of para-hydroxylation sites is 2. The maximum absolute atomic E-state index is 13.7. The summed E-state index contributed by atoms with van der Waals surface area (Å²) in [7, 11) is 0. The highest BCUT2D eigenvalue weighted by molar-refractivity contribution is 6.06. The molecule has 5 rings (SSSR count). The van der Waals surface area contributed by atoms with Gasteiger partial charge in [-0.3, -0.25) is 19.3 Å². The Morgan fingerprint density at radius 2 is 1.85 bits per heavy atom. The number of furan rings is 1. The average Bonchev–Trinajstić information content (AvgIpc) is 3.50. The van der Waals surface area contributed by atoms with E-state index in [1.54, 1.807) is 23.3 Å². The molecular weight excluding hydrogens is 418 g/mol. The fourth-order valence-electron chi connectivity index (χ4n) is 5.24. The molecule has 2 N–H and O–H groups in total. The molecule has 1 aliphatic heterocycles. The van der Waals surface area contributed by atoms with Gasteiger partial charge in [-0.05, 0) is 49.9 Å². The molecule has 0 spiro atoms. The quantitative estimate of drug-likeness (QED) is 0.698. The molecule has 0 saturated heterocycles. The molecule has 1 aromatic heterocycles. The van der Waals surface area contributed by atoms with E-state index in [0.29, 0.717) is 23.4 Å². The zero-order valence-electron chi connectivity index (χ0n) is 18.6. The number of ketones is 1. The number of hydrogen-bond donors (Lipinski definition) is 2. The third-order valence-corrected chi connectivity index (χ3v) is 6.80. The van der Waals surface area contributed by atoms with Crippen LogP contribution < -0.4 is 15.5 Å². The number of fused-ring (bicyclic) bond motifs is 1. The molecule has 2 amide bonds. The van der Waals surface area contributed by atoms with Crippen molar-refractivity contribution in [3.05, 3.63) is 59.7 Å². The second-order valence-electron chi connectivity index (χ2n) is 9.04. The normalized spacial score (nSPS) is 20.7. The monoisotopic (exact) mass is 447 g/mol. The molecule has 3 aliphatic rings. The van der Waals surface area contributed by atoms with Gasteiger partial charge in [-0.15, -0.1) is 0 Å². The molecular formula is C26H29N3O4. The summed E-state index contributed by atoms with van der Waals surface area (Å²) in [6.45, 7) is 0. The molecule has 7 nitrogen and oxygen atoms in total. The van der Waals surface area contributed by atoms with Crippen molar-refractivity contribution in [2.75, 3.05) is 10.2 Å². The molecule has 1 fully saturated rings. The first-order valence-electron chi connectivity index (χ1n) is 11.9. The first kappa shape index (κ1) is 21.5. The van der Waals surface area contributed by atoms with E-state index >= 15 is 0 Å². The van der Waals surface area contributed by atoms with Gasteiger partial charge < -0.3 is 15.1 Å². The lowest BCUT2D eigenvalue weighted by atomic mass is 9.88. The van der Waals surface area contributed by atoms with Crippen LogP contribution in [-0.4, -0.2) is 23.6 Å². The van der Waals surface area contributed by atoms with E-state index in [0.717, 1.165) is 49.9 Å². The summed E-state index contributed by atoms with van der Waals surface area (Å²) in [5.74, 6) is 0.258. The van der Waals surface area contributed by atoms with E-state index < -0.39 is 6.04 Å². The molecule has 0 radical (unpaired) electrons. The Kier molecular flexibility index (Phi) is 6.03. The van der Waals surface area contributed by atoms with E-state index in [1.165, 1.54) is 0 Å². The Bertz CT molecular complexity index is 1080. The van der Waals surface area contributed by atoms with Crippen LogP contribution in [0.2, 0.25) is 0 Å². The van der Waals surface area contributed by atoms with Crippen LogP contribution >= 0.6 is 0 Å². The molecule has 33 heavy (non-hydrogen) atoms. The van der Waals surface area contributed by atoms with Crippen LogP contribution in [0.15, 0.2) is 58.3 Å². The van der Waals surface area contributed by atoms with Crippen molar-refractivity contribution < 1.29 is 18.8 Å². The Morgan fingerprint density at radius 3 is 2.64 bits per heavy atom. The van der Waals surface area contributed by atoms with Crippen molar-refractivity contribution in [1.29, 1.82) is 0 Å². The van der Waals surface area contributed by atoms with Gasteiger partial charge in [0.15, 0.2) is 5.78 Å². The van der Waals surface area contributed by atoms with Gasteiger partial charge >= 0.3 is 0 Å². The first-order chi connectivity index (χ1) is 16.1. The molecule has 1 saturated carbocycles. The number of carbonyl (C=O) groups is 3. The van der Waals surface area contributed by atoms with Crippen LogP contribution in [0.5, 0.6) is 0 Å². The van der Waals surface area contributed by atoms with E-state index in [4.69, 9.17) is 4.42 Å². The third kappa shape index (κ3) is 4.32. The lowest BCUT2D eigenvalue weighted by Crippen LogP contribution is -2.39. The van der Waals surface area contributed by atoms with E-state index in [9.17, 15) is 14.4 Å². The minimum Gasteiger partial charge on any atom is -0.467 e. The van der Waals surface area contributed by atoms with Gasteiger partial charge in [0.25, 0.3) is 0 Å². The fourth-order valence-corrected chi connectivity index (χ4v) is 5.24. The summed E-state index contributed by atoms with van der Waals surface area (Å²) in [4.78, 5) is 41.0. The van der Waals surface area contributed by atoms with Crippen molar-refractivity contribution in [1.82, 2.24) is 5.32 Å². The van der Waals surface area contributed by atoms with Gasteiger partial charge in [-0.1, -0.05) is 25.0 Å². The zero-order valence-corrected chi connectivity index (χ0v) is 18.6. The van der Waals surface area contributed by atoms with Gasteiger partial charge in [0.05, 0.1) is 17.6 Å². The van der Waals surface area contributed by atoms with Gasteiger partial charge in [0.1, 0.15) is 11.8 Å². The number of carbonyl (C=O) groups excluding carboxylic acids is 3. The smallest absolute Gasteiger partial charge is 0.228 e. The summed E-state index contributed by atoms with van der Waals surface area (Å²) >= 11 is 0. The molecule has 2 heterocycles. The van der Waals surface area contributed by atoms with Gasteiger partial charge in [-0.25, -0.2) is 0 Å². The first-order valence-corrected chi connectivity index (χ1v) is 11.9. The van der Waals surface area contributed by atoms with Crippen molar-refractivity contribution in [3.63, 3.8) is 0 Å². The highest BCUT2D eigenvalue weighted by Crippen LogP contribution is 2.45. The van der Waals surface area contributed by atoms with Crippen molar-refractivity contribution >= 4 is 29.0 Å². The highest BCUT2D eigenvalue weighted by atomic mass is 16.3. The fraction of sp³-hybridized carbons (Fsp3) is 0.423. The van der Waals surface area contributed by atoms with Gasteiger partial charge in [0.2, 0.25) is 11.8 Å². The topological polar surface area (TPSA) is 91.7 Å². The number of rotatable bonds is 5. The second-order valence-corrected chi connectivity index (χ2v) is 9.04. The van der Waals surface area contributed by atoms with Crippen LogP contribution in [0.4, 0.5) is 11.4 Å². The Hall–Kier alpha value is -3.35. The van der Waals surface area contributed by atoms with Crippen molar-refractivity contribution in [2.24, 2.45) is 0 Å². The Labute approximate surface area is 193 Å². The predicted octanol–water partition coefficient (Wildman–Crippen LogP) is 4.63. The Balaban J connectivity index is 1.48. The lowest BCUT2D eigenvalue weighted by molar-refractivity contribution is -0.126. The molecule has 2 aromatic rings. The maximum atomic E-state index is 13.7.